The molecule has 2 N–H and O–H groups in total. The van der Waals surface area contributed by atoms with Gasteiger partial charge in [-0.2, -0.15) is 0 Å². The summed E-state index contributed by atoms with van der Waals surface area (Å²) in [6, 6.07) is 7.97. The van der Waals surface area contributed by atoms with E-state index in [0.717, 1.165) is 43.3 Å². The second kappa shape index (κ2) is 8.04. The minimum absolute atomic E-state index is 0.0830. The molecule has 0 spiro atoms. The van der Waals surface area contributed by atoms with Crippen molar-refractivity contribution in [3.05, 3.63) is 53.3 Å². The van der Waals surface area contributed by atoms with Crippen LogP contribution >= 0.6 is 0 Å². The number of nitrogens with one attached hydrogen (secondary N) is 1. The summed E-state index contributed by atoms with van der Waals surface area (Å²) in [6.07, 6.45) is 7.61. The van der Waals surface area contributed by atoms with E-state index in [-0.39, 0.29) is 6.61 Å². The van der Waals surface area contributed by atoms with E-state index < -0.39 is 0 Å². The molecule has 2 aromatic rings. The van der Waals surface area contributed by atoms with Crippen LogP contribution in [0, 0.1) is 0 Å². The lowest BCUT2D eigenvalue weighted by Gasteiger charge is -2.26. The highest BCUT2D eigenvalue weighted by atomic mass is 16.3. The van der Waals surface area contributed by atoms with E-state index in [9.17, 15) is 0 Å². The van der Waals surface area contributed by atoms with Gasteiger partial charge in [0.15, 0.2) is 0 Å². The van der Waals surface area contributed by atoms with Crippen molar-refractivity contribution in [3.8, 4) is 0 Å². The molecule has 0 atom stereocenters. The number of rotatable bonds is 6. The molecular weight excluding hydrogens is 288 g/mol. The van der Waals surface area contributed by atoms with E-state index in [2.05, 4.69) is 26.3 Å². The molecule has 1 aliphatic rings. The molecule has 0 aliphatic carbocycles. The van der Waals surface area contributed by atoms with Gasteiger partial charge in [0, 0.05) is 44.1 Å². The van der Waals surface area contributed by atoms with Crippen LogP contribution in [0.25, 0.3) is 0 Å². The number of piperidine rings is 1. The zero-order valence-electron chi connectivity index (χ0n) is 13.4. The number of hydrogen-bond acceptors (Lipinski definition) is 5. The van der Waals surface area contributed by atoms with Gasteiger partial charge in [0.2, 0.25) is 5.95 Å². The summed E-state index contributed by atoms with van der Waals surface area (Å²) in [7, 11) is 0. The third kappa shape index (κ3) is 4.50. The maximum atomic E-state index is 9.16. The minimum Gasteiger partial charge on any atom is -0.392 e. The number of benzene rings is 1. The summed E-state index contributed by atoms with van der Waals surface area (Å²) in [4.78, 5) is 11.3. The molecule has 5 nitrogen and oxygen atoms in total. The molecule has 1 aromatic heterocycles. The Morgan fingerprint density at radius 3 is 2.39 bits per heavy atom. The number of nitrogens with zero attached hydrogens (tertiary/aromatic N) is 3. The Balaban J connectivity index is 1.50. The molecule has 5 heteroatoms. The lowest BCUT2D eigenvalue weighted by molar-refractivity contribution is 0.281. The first kappa shape index (κ1) is 15.9. The van der Waals surface area contributed by atoms with E-state index in [1.165, 1.54) is 24.8 Å². The van der Waals surface area contributed by atoms with Crippen molar-refractivity contribution in [2.75, 3.05) is 18.0 Å². The smallest absolute Gasteiger partial charge is 0.225 e. The maximum Gasteiger partial charge on any atom is 0.225 e. The summed E-state index contributed by atoms with van der Waals surface area (Å²) in [5.74, 6) is 0.851. The van der Waals surface area contributed by atoms with Crippen LogP contribution in [0.5, 0.6) is 0 Å². The van der Waals surface area contributed by atoms with Crippen molar-refractivity contribution in [2.24, 2.45) is 0 Å². The van der Waals surface area contributed by atoms with Gasteiger partial charge in [0.05, 0.1) is 6.61 Å². The Labute approximate surface area is 137 Å². The Kier molecular flexibility index (Phi) is 5.56. The summed E-state index contributed by atoms with van der Waals surface area (Å²) in [5, 5.41) is 12.6. The number of aliphatic hydroxyl groups is 1. The van der Waals surface area contributed by atoms with Gasteiger partial charge in [-0.1, -0.05) is 24.3 Å². The molecule has 0 radical (unpaired) electrons. The summed E-state index contributed by atoms with van der Waals surface area (Å²) in [5.41, 5.74) is 3.20. The Bertz CT molecular complexity index is 609. The van der Waals surface area contributed by atoms with Gasteiger partial charge in [-0.25, -0.2) is 9.97 Å². The molecule has 1 fully saturated rings. The van der Waals surface area contributed by atoms with Gasteiger partial charge in [-0.3, -0.25) is 0 Å². The van der Waals surface area contributed by atoms with Crippen LogP contribution < -0.4 is 10.2 Å². The lowest BCUT2D eigenvalue weighted by atomic mass is 10.1. The highest BCUT2D eigenvalue weighted by molar-refractivity contribution is 5.30. The van der Waals surface area contributed by atoms with Crippen molar-refractivity contribution in [3.63, 3.8) is 0 Å². The zero-order valence-corrected chi connectivity index (χ0v) is 13.4. The number of aliphatic hydroxyl groups excluding tert-OH is 1. The van der Waals surface area contributed by atoms with Crippen LogP contribution in [0.4, 0.5) is 5.95 Å². The predicted octanol–water partition coefficient (Wildman–Crippen LogP) is 2.25. The summed E-state index contributed by atoms with van der Waals surface area (Å²) < 4.78 is 0. The Morgan fingerprint density at radius 1 is 0.957 bits per heavy atom. The lowest BCUT2D eigenvalue weighted by Crippen LogP contribution is -2.31. The molecule has 0 saturated carbocycles. The van der Waals surface area contributed by atoms with Gasteiger partial charge in [0.1, 0.15) is 0 Å². The van der Waals surface area contributed by atoms with Gasteiger partial charge in [-0.15, -0.1) is 0 Å². The average Bonchev–Trinajstić information content (AvgIpc) is 2.63. The van der Waals surface area contributed by atoms with Crippen LogP contribution in [-0.2, 0) is 19.7 Å². The van der Waals surface area contributed by atoms with E-state index in [1.54, 1.807) is 0 Å². The first-order valence-electron chi connectivity index (χ1n) is 8.30. The number of aromatic nitrogens is 2. The number of hydrogen-bond donors (Lipinski definition) is 2. The van der Waals surface area contributed by atoms with Gasteiger partial charge < -0.3 is 15.3 Å². The van der Waals surface area contributed by atoms with Crippen molar-refractivity contribution < 1.29 is 5.11 Å². The quantitative estimate of drug-likeness (QED) is 0.856. The van der Waals surface area contributed by atoms with Crippen molar-refractivity contribution in [1.82, 2.24) is 15.3 Å². The average molecular weight is 312 g/mol. The SMILES string of the molecule is OCc1cccc(CNCc2cnc(N3CCCCC3)nc2)c1. The normalized spacial score (nSPS) is 14.9. The molecule has 0 amide bonds. The Hall–Kier alpha value is -1.98. The van der Waals surface area contributed by atoms with Gasteiger partial charge in [-0.05, 0) is 30.4 Å². The second-order valence-electron chi connectivity index (χ2n) is 6.02. The Morgan fingerprint density at radius 2 is 1.65 bits per heavy atom. The van der Waals surface area contributed by atoms with Crippen LogP contribution in [-0.4, -0.2) is 28.2 Å². The standard InChI is InChI=1S/C18H24N4O/c23-14-16-6-4-5-15(9-16)10-19-11-17-12-20-18(21-13-17)22-7-2-1-3-8-22/h4-6,9,12-13,19,23H,1-3,7-8,10-11,14H2. The van der Waals surface area contributed by atoms with Gasteiger partial charge in [0.25, 0.3) is 0 Å². The molecular formula is C18H24N4O. The highest BCUT2D eigenvalue weighted by Crippen LogP contribution is 2.15. The molecule has 23 heavy (non-hydrogen) atoms. The predicted molar refractivity (Wildman–Crippen MR) is 91.0 cm³/mol. The maximum absolute atomic E-state index is 9.16. The molecule has 3 rings (SSSR count). The number of anilines is 1. The highest BCUT2D eigenvalue weighted by Gasteiger charge is 2.12. The van der Waals surface area contributed by atoms with Gasteiger partial charge >= 0.3 is 0 Å². The molecule has 1 aromatic carbocycles. The fraction of sp³-hybridized carbons (Fsp3) is 0.444. The van der Waals surface area contributed by atoms with Crippen LogP contribution in [0.3, 0.4) is 0 Å². The van der Waals surface area contributed by atoms with E-state index in [1.807, 2.05) is 30.6 Å². The third-order valence-corrected chi connectivity index (χ3v) is 4.16. The van der Waals surface area contributed by atoms with Crippen LogP contribution in [0.15, 0.2) is 36.7 Å². The van der Waals surface area contributed by atoms with Crippen molar-refractivity contribution in [2.45, 2.75) is 39.0 Å². The largest absolute Gasteiger partial charge is 0.392 e. The summed E-state index contributed by atoms with van der Waals surface area (Å²) in [6.45, 7) is 3.72. The topological polar surface area (TPSA) is 61.3 Å². The molecule has 1 aliphatic heterocycles. The third-order valence-electron chi connectivity index (χ3n) is 4.16. The van der Waals surface area contributed by atoms with Crippen molar-refractivity contribution >= 4 is 5.95 Å². The van der Waals surface area contributed by atoms with Crippen molar-refractivity contribution in [1.29, 1.82) is 0 Å². The van der Waals surface area contributed by atoms with Crippen LogP contribution in [0.2, 0.25) is 0 Å². The zero-order chi connectivity index (χ0) is 15.9. The second-order valence-corrected chi connectivity index (χ2v) is 6.02. The molecule has 122 valence electrons. The first-order valence-corrected chi connectivity index (χ1v) is 8.30. The fourth-order valence-corrected chi connectivity index (χ4v) is 2.89. The molecule has 0 unspecified atom stereocenters. The molecule has 0 bridgehead atoms. The first-order chi connectivity index (χ1) is 11.3. The molecule has 1 saturated heterocycles. The van der Waals surface area contributed by atoms with E-state index >= 15 is 0 Å². The fourth-order valence-electron chi connectivity index (χ4n) is 2.89. The minimum atomic E-state index is 0.0830. The molecule has 2 heterocycles. The van der Waals surface area contributed by atoms with E-state index in [4.69, 9.17) is 5.11 Å². The monoisotopic (exact) mass is 312 g/mol. The van der Waals surface area contributed by atoms with Crippen LogP contribution in [0.1, 0.15) is 36.0 Å². The van der Waals surface area contributed by atoms with E-state index in [0.29, 0.717) is 0 Å². The summed E-state index contributed by atoms with van der Waals surface area (Å²) >= 11 is 0.